The number of aliphatic hydroxyl groups is 1. The average molecular weight is 386 g/mol. The van der Waals surface area contributed by atoms with Crippen LogP contribution in [0.1, 0.15) is 48.2 Å². The smallest absolute Gasteiger partial charge is 0.195 e. The SMILES string of the molecule is CCc1ccc(C(=O)c2cn(CCCC(C)O)c3ccccc23)c2ccccc12. The summed E-state index contributed by atoms with van der Waals surface area (Å²) in [4.78, 5) is 13.6. The summed E-state index contributed by atoms with van der Waals surface area (Å²) >= 11 is 0. The summed E-state index contributed by atoms with van der Waals surface area (Å²) in [5.74, 6) is 0.0642. The van der Waals surface area contributed by atoms with Crippen LogP contribution < -0.4 is 0 Å². The van der Waals surface area contributed by atoms with E-state index in [-0.39, 0.29) is 11.9 Å². The summed E-state index contributed by atoms with van der Waals surface area (Å²) in [6.45, 7) is 4.74. The van der Waals surface area contributed by atoms with Crippen LogP contribution >= 0.6 is 0 Å². The van der Waals surface area contributed by atoms with E-state index in [0.29, 0.717) is 0 Å². The first-order valence-electron chi connectivity index (χ1n) is 10.4. The molecule has 0 fully saturated rings. The minimum atomic E-state index is -0.304. The van der Waals surface area contributed by atoms with Gasteiger partial charge in [0.2, 0.25) is 0 Å². The average Bonchev–Trinajstić information content (AvgIpc) is 3.11. The van der Waals surface area contributed by atoms with Gasteiger partial charge in [-0.05, 0) is 48.6 Å². The number of hydrogen-bond donors (Lipinski definition) is 1. The molecule has 0 radical (unpaired) electrons. The summed E-state index contributed by atoms with van der Waals surface area (Å²) < 4.78 is 2.15. The molecule has 3 heteroatoms. The van der Waals surface area contributed by atoms with Gasteiger partial charge in [-0.1, -0.05) is 61.5 Å². The van der Waals surface area contributed by atoms with Gasteiger partial charge in [-0.3, -0.25) is 4.79 Å². The Bertz CT molecular complexity index is 1170. The summed E-state index contributed by atoms with van der Waals surface area (Å²) in [6.07, 6.45) is 4.24. The number of benzene rings is 3. The van der Waals surface area contributed by atoms with Crippen molar-refractivity contribution in [2.24, 2.45) is 0 Å². The maximum Gasteiger partial charge on any atom is 0.195 e. The van der Waals surface area contributed by atoms with Gasteiger partial charge in [-0.25, -0.2) is 0 Å². The van der Waals surface area contributed by atoms with Crippen molar-refractivity contribution in [1.82, 2.24) is 4.57 Å². The van der Waals surface area contributed by atoms with Gasteiger partial charge in [-0.2, -0.15) is 0 Å². The van der Waals surface area contributed by atoms with E-state index in [1.807, 2.05) is 55.6 Å². The third-order valence-corrected chi connectivity index (χ3v) is 5.69. The molecule has 1 N–H and O–H groups in total. The number of carbonyl (C=O) groups excluding carboxylic acids is 1. The number of carbonyl (C=O) groups is 1. The van der Waals surface area contributed by atoms with E-state index in [0.717, 1.165) is 58.6 Å². The van der Waals surface area contributed by atoms with E-state index in [4.69, 9.17) is 0 Å². The summed E-state index contributed by atoms with van der Waals surface area (Å²) in [5.41, 5.74) is 3.82. The molecule has 1 aromatic heterocycles. The highest BCUT2D eigenvalue weighted by molar-refractivity contribution is 6.21. The second kappa shape index (κ2) is 8.22. The fourth-order valence-corrected chi connectivity index (χ4v) is 4.18. The van der Waals surface area contributed by atoms with Crippen molar-refractivity contribution < 1.29 is 9.90 Å². The number of para-hydroxylation sites is 1. The molecule has 148 valence electrons. The van der Waals surface area contributed by atoms with Crippen molar-refractivity contribution in [3.05, 3.63) is 83.6 Å². The van der Waals surface area contributed by atoms with Crippen LogP contribution in [0.4, 0.5) is 0 Å². The molecule has 0 aliphatic carbocycles. The molecule has 4 aromatic rings. The highest BCUT2D eigenvalue weighted by atomic mass is 16.3. The van der Waals surface area contributed by atoms with Crippen molar-refractivity contribution in [2.75, 3.05) is 0 Å². The van der Waals surface area contributed by atoms with E-state index in [2.05, 4.69) is 29.7 Å². The molecule has 29 heavy (non-hydrogen) atoms. The Morgan fingerprint density at radius 2 is 1.62 bits per heavy atom. The van der Waals surface area contributed by atoms with E-state index in [1.54, 1.807) is 0 Å². The fraction of sp³-hybridized carbons (Fsp3) is 0.269. The Morgan fingerprint density at radius 1 is 0.931 bits per heavy atom. The summed E-state index contributed by atoms with van der Waals surface area (Å²) in [7, 11) is 0. The largest absolute Gasteiger partial charge is 0.393 e. The highest BCUT2D eigenvalue weighted by Crippen LogP contribution is 2.29. The van der Waals surface area contributed by atoms with Gasteiger partial charge >= 0.3 is 0 Å². The highest BCUT2D eigenvalue weighted by Gasteiger charge is 2.19. The van der Waals surface area contributed by atoms with Gasteiger partial charge in [0.25, 0.3) is 0 Å². The number of aryl methyl sites for hydroxylation is 2. The first-order valence-corrected chi connectivity index (χ1v) is 10.4. The number of ketones is 1. The lowest BCUT2D eigenvalue weighted by atomic mass is 9.93. The van der Waals surface area contributed by atoms with Gasteiger partial charge < -0.3 is 9.67 Å². The van der Waals surface area contributed by atoms with E-state index in [9.17, 15) is 9.90 Å². The van der Waals surface area contributed by atoms with E-state index in [1.165, 1.54) is 5.56 Å². The van der Waals surface area contributed by atoms with Crippen LogP contribution in [0.3, 0.4) is 0 Å². The number of hydrogen-bond acceptors (Lipinski definition) is 2. The van der Waals surface area contributed by atoms with Gasteiger partial charge in [0, 0.05) is 34.8 Å². The molecular weight excluding hydrogens is 358 g/mol. The van der Waals surface area contributed by atoms with Crippen LogP contribution in [0.15, 0.2) is 66.9 Å². The van der Waals surface area contributed by atoms with Gasteiger partial charge in [0.05, 0.1) is 6.10 Å². The Labute approximate surface area is 171 Å². The third kappa shape index (κ3) is 3.70. The molecule has 3 aromatic carbocycles. The Kier molecular flexibility index (Phi) is 5.50. The predicted molar refractivity (Wildman–Crippen MR) is 120 cm³/mol. The third-order valence-electron chi connectivity index (χ3n) is 5.69. The van der Waals surface area contributed by atoms with Crippen LogP contribution in [0, 0.1) is 0 Å². The summed E-state index contributed by atoms with van der Waals surface area (Å²) in [6, 6.07) is 20.3. The zero-order chi connectivity index (χ0) is 20.4. The first kappa shape index (κ1) is 19.4. The maximum atomic E-state index is 13.6. The Morgan fingerprint density at radius 3 is 2.34 bits per heavy atom. The number of aromatic nitrogens is 1. The number of rotatable bonds is 7. The molecule has 0 aliphatic rings. The van der Waals surface area contributed by atoms with Gasteiger partial charge in [0.15, 0.2) is 5.78 Å². The summed E-state index contributed by atoms with van der Waals surface area (Å²) in [5, 5.41) is 12.7. The van der Waals surface area contributed by atoms with Crippen LogP contribution in [0.25, 0.3) is 21.7 Å². The van der Waals surface area contributed by atoms with Crippen molar-refractivity contribution in [2.45, 2.75) is 45.8 Å². The van der Waals surface area contributed by atoms with Crippen LogP contribution in [-0.4, -0.2) is 21.6 Å². The first-order chi connectivity index (χ1) is 14.1. The molecule has 3 nitrogen and oxygen atoms in total. The number of nitrogens with zero attached hydrogens (tertiary/aromatic N) is 1. The minimum Gasteiger partial charge on any atom is -0.393 e. The zero-order valence-corrected chi connectivity index (χ0v) is 17.1. The van der Waals surface area contributed by atoms with E-state index >= 15 is 0 Å². The topological polar surface area (TPSA) is 42.2 Å². The van der Waals surface area contributed by atoms with Crippen LogP contribution in [-0.2, 0) is 13.0 Å². The van der Waals surface area contributed by atoms with Crippen molar-refractivity contribution in [3.63, 3.8) is 0 Å². The second-order valence-electron chi connectivity index (χ2n) is 7.75. The van der Waals surface area contributed by atoms with Crippen LogP contribution in [0.2, 0.25) is 0 Å². The number of fused-ring (bicyclic) bond motifs is 2. The lowest BCUT2D eigenvalue weighted by molar-refractivity contribution is 0.104. The molecule has 1 heterocycles. The molecule has 4 rings (SSSR count). The standard InChI is InChI=1S/C26H27NO2/c1-3-19-14-15-23(21-11-5-4-10-20(19)21)26(29)24-17-27(16-8-9-18(2)28)25-13-7-6-12-22(24)25/h4-7,10-15,17-18,28H,3,8-9,16H2,1-2H3. The lowest BCUT2D eigenvalue weighted by Gasteiger charge is -2.09. The molecule has 0 aliphatic heterocycles. The fourth-order valence-electron chi connectivity index (χ4n) is 4.18. The second-order valence-corrected chi connectivity index (χ2v) is 7.75. The molecule has 0 spiro atoms. The molecule has 1 atom stereocenters. The maximum absolute atomic E-state index is 13.6. The Hall–Kier alpha value is -2.91. The number of aliphatic hydroxyl groups excluding tert-OH is 1. The molecule has 0 bridgehead atoms. The minimum absolute atomic E-state index is 0.0642. The molecular formula is C26H27NO2. The van der Waals surface area contributed by atoms with Crippen molar-refractivity contribution in [3.8, 4) is 0 Å². The van der Waals surface area contributed by atoms with Crippen LogP contribution in [0.5, 0.6) is 0 Å². The zero-order valence-electron chi connectivity index (χ0n) is 17.1. The quantitative estimate of drug-likeness (QED) is 0.412. The van der Waals surface area contributed by atoms with Gasteiger partial charge in [0.1, 0.15) is 0 Å². The van der Waals surface area contributed by atoms with Crippen molar-refractivity contribution >= 4 is 27.5 Å². The Balaban J connectivity index is 1.79. The molecule has 0 saturated carbocycles. The van der Waals surface area contributed by atoms with E-state index < -0.39 is 0 Å². The normalized spacial score (nSPS) is 12.5. The monoisotopic (exact) mass is 385 g/mol. The molecule has 1 unspecified atom stereocenters. The lowest BCUT2D eigenvalue weighted by Crippen LogP contribution is -2.04. The predicted octanol–water partition coefficient (Wildman–Crippen LogP) is 5.75. The molecule has 0 saturated heterocycles. The molecule has 0 amide bonds. The van der Waals surface area contributed by atoms with Crippen molar-refractivity contribution in [1.29, 1.82) is 0 Å². The van der Waals surface area contributed by atoms with Gasteiger partial charge in [-0.15, -0.1) is 0 Å².